The molecule has 21 heavy (non-hydrogen) atoms. The molecular formula is C16H17ClN2O2. The van der Waals surface area contributed by atoms with Gasteiger partial charge in [-0.2, -0.15) is 0 Å². The summed E-state index contributed by atoms with van der Waals surface area (Å²) in [6.45, 7) is 4.70. The molecule has 0 aliphatic heterocycles. The second-order valence-corrected chi connectivity index (χ2v) is 5.41. The Morgan fingerprint density at radius 3 is 2.67 bits per heavy atom. The van der Waals surface area contributed by atoms with Gasteiger partial charge in [0.05, 0.1) is 4.92 Å². The molecule has 0 bridgehead atoms. The molecule has 110 valence electrons. The van der Waals surface area contributed by atoms with E-state index in [2.05, 4.69) is 31.3 Å². The first-order valence-electron chi connectivity index (χ1n) is 6.70. The van der Waals surface area contributed by atoms with E-state index in [-0.39, 0.29) is 16.8 Å². The maximum atomic E-state index is 10.9. The van der Waals surface area contributed by atoms with Crippen molar-refractivity contribution in [3.63, 3.8) is 0 Å². The summed E-state index contributed by atoms with van der Waals surface area (Å²) in [4.78, 5) is 10.4. The van der Waals surface area contributed by atoms with Gasteiger partial charge in [-0.05, 0) is 36.6 Å². The van der Waals surface area contributed by atoms with Gasteiger partial charge in [0, 0.05) is 18.7 Å². The number of nitro benzene ring substituents is 1. The normalized spacial score (nSPS) is 12.1. The molecule has 0 radical (unpaired) electrons. The fraction of sp³-hybridized carbons (Fsp3) is 0.250. The largest absolute Gasteiger partial charge is 0.306 e. The van der Waals surface area contributed by atoms with Gasteiger partial charge < -0.3 is 5.32 Å². The summed E-state index contributed by atoms with van der Waals surface area (Å²) in [6.07, 6.45) is 0. The van der Waals surface area contributed by atoms with Gasteiger partial charge in [0.2, 0.25) is 0 Å². The summed E-state index contributed by atoms with van der Waals surface area (Å²) in [5.74, 6) is 0. The van der Waals surface area contributed by atoms with Crippen molar-refractivity contribution in [1.29, 1.82) is 0 Å². The minimum atomic E-state index is -0.462. The SMILES string of the molecule is Cc1ccccc1[C@H](C)NCc1ccc(Cl)c([N+](=O)[O-])c1. The minimum absolute atomic E-state index is 0.0560. The van der Waals surface area contributed by atoms with Crippen LogP contribution in [0.3, 0.4) is 0 Å². The highest BCUT2D eigenvalue weighted by molar-refractivity contribution is 6.32. The molecule has 2 rings (SSSR count). The zero-order valence-electron chi connectivity index (χ0n) is 12.0. The van der Waals surface area contributed by atoms with E-state index in [1.165, 1.54) is 17.2 Å². The monoisotopic (exact) mass is 304 g/mol. The first kappa shape index (κ1) is 15.5. The van der Waals surface area contributed by atoms with Crippen LogP contribution in [0.1, 0.15) is 29.7 Å². The van der Waals surface area contributed by atoms with Crippen molar-refractivity contribution in [2.75, 3.05) is 0 Å². The van der Waals surface area contributed by atoms with E-state index < -0.39 is 4.92 Å². The Balaban J connectivity index is 2.08. The average molecular weight is 305 g/mol. The number of nitrogens with zero attached hydrogens (tertiary/aromatic N) is 1. The number of rotatable bonds is 5. The van der Waals surface area contributed by atoms with E-state index >= 15 is 0 Å². The summed E-state index contributed by atoms with van der Waals surface area (Å²) in [6, 6.07) is 13.2. The number of hydrogen-bond donors (Lipinski definition) is 1. The van der Waals surface area contributed by atoms with E-state index in [9.17, 15) is 10.1 Å². The molecule has 0 saturated heterocycles. The zero-order valence-corrected chi connectivity index (χ0v) is 12.7. The maximum absolute atomic E-state index is 10.9. The lowest BCUT2D eigenvalue weighted by Crippen LogP contribution is -2.18. The van der Waals surface area contributed by atoms with Gasteiger partial charge in [-0.3, -0.25) is 10.1 Å². The molecule has 0 heterocycles. The minimum Gasteiger partial charge on any atom is -0.306 e. The third kappa shape index (κ3) is 3.80. The first-order valence-corrected chi connectivity index (χ1v) is 7.08. The van der Waals surface area contributed by atoms with Crippen LogP contribution < -0.4 is 5.32 Å². The van der Waals surface area contributed by atoms with Crippen molar-refractivity contribution in [2.45, 2.75) is 26.4 Å². The Kier molecular flexibility index (Phi) is 4.94. The molecule has 0 aromatic heterocycles. The highest BCUT2D eigenvalue weighted by atomic mass is 35.5. The second-order valence-electron chi connectivity index (χ2n) is 5.00. The van der Waals surface area contributed by atoms with E-state index in [0.29, 0.717) is 6.54 Å². The van der Waals surface area contributed by atoms with Crippen LogP contribution in [0.2, 0.25) is 5.02 Å². The Bertz CT molecular complexity index is 658. The Morgan fingerprint density at radius 1 is 1.29 bits per heavy atom. The fourth-order valence-electron chi connectivity index (χ4n) is 2.26. The molecule has 4 nitrogen and oxygen atoms in total. The smallest absolute Gasteiger partial charge is 0.288 e. The summed E-state index contributed by atoms with van der Waals surface area (Å²) in [5.41, 5.74) is 3.23. The molecule has 0 saturated carbocycles. The molecule has 0 aliphatic carbocycles. The Morgan fingerprint density at radius 2 is 2.00 bits per heavy atom. The van der Waals surface area contributed by atoms with Crippen LogP contribution in [0.15, 0.2) is 42.5 Å². The second kappa shape index (κ2) is 6.70. The number of aryl methyl sites for hydroxylation is 1. The van der Waals surface area contributed by atoms with Gasteiger partial charge in [-0.25, -0.2) is 0 Å². The Labute approximate surface area is 128 Å². The molecule has 0 fully saturated rings. The molecular weight excluding hydrogens is 288 g/mol. The van der Waals surface area contributed by atoms with Crippen molar-refractivity contribution < 1.29 is 4.92 Å². The first-order chi connectivity index (χ1) is 9.99. The van der Waals surface area contributed by atoms with Crippen molar-refractivity contribution in [1.82, 2.24) is 5.32 Å². The fourth-order valence-corrected chi connectivity index (χ4v) is 2.45. The predicted molar refractivity (Wildman–Crippen MR) is 84.5 cm³/mol. The summed E-state index contributed by atoms with van der Waals surface area (Å²) in [5, 5.41) is 14.4. The molecule has 1 N–H and O–H groups in total. The molecule has 0 unspecified atom stereocenters. The zero-order chi connectivity index (χ0) is 15.4. The van der Waals surface area contributed by atoms with Crippen LogP contribution in [0, 0.1) is 17.0 Å². The lowest BCUT2D eigenvalue weighted by molar-refractivity contribution is -0.384. The predicted octanol–water partition coefficient (Wildman–Crippen LogP) is 4.41. The van der Waals surface area contributed by atoms with Crippen LogP contribution >= 0.6 is 11.6 Å². The summed E-state index contributed by atoms with van der Waals surface area (Å²) < 4.78 is 0. The highest BCUT2D eigenvalue weighted by Crippen LogP contribution is 2.25. The average Bonchev–Trinajstić information content (AvgIpc) is 2.46. The highest BCUT2D eigenvalue weighted by Gasteiger charge is 2.13. The molecule has 0 aliphatic rings. The Hall–Kier alpha value is -1.91. The quantitative estimate of drug-likeness (QED) is 0.657. The molecule has 2 aromatic carbocycles. The van der Waals surface area contributed by atoms with Gasteiger partial charge in [-0.1, -0.05) is 41.9 Å². The van der Waals surface area contributed by atoms with Crippen molar-refractivity contribution in [3.8, 4) is 0 Å². The van der Waals surface area contributed by atoms with Gasteiger partial charge >= 0.3 is 0 Å². The van der Waals surface area contributed by atoms with Crippen LogP contribution in [0.25, 0.3) is 0 Å². The third-order valence-electron chi connectivity index (χ3n) is 3.47. The maximum Gasteiger partial charge on any atom is 0.288 e. The van der Waals surface area contributed by atoms with Gasteiger partial charge in [0.25, 0.3) is 5.69 Å². The van der Waals surface area contributed by atoms with Crippen molar-refractivity contribution in [2.24, 2.45) is 0 Å². The molecule has 2 aromatic rings. The topological polar surface area (TPSA) is 55.2 Å². The lowest BCUT2D eigenvalue weighted by Gasteiger charge is -2.16. The van der Waals surface area contributed by atoms with Crippen molar-refractivity contribution >= 4 is 17.3 Å². The van der Waals surface area contributed by atoms with E-state index in [1.807, 2.05) is 12.1 Å². The van der Waals surface area contributed by atoms with Crippen LogP contribution in [0.4, 0.5) is 5.69 Å². The third-order valence-corrected chi connectivity index (χ3v) is 3.79. The van der Waals surface area contributed by atoms with E-state index in [1.54, 1.807) is 12.1 Å². The van der Waals surface area contributed by atoms with E-state index in [4.69, 9.17) is 11.6 Å². The molecule has 0 spiro atoms. The number of hydrogen-bond acceptors (Lipinski definition) is 3. The number of halogens is 1. The van der Waals surface area contributed by atoms with Crippen LogP contribution in [-0.4, -0.2) is 4.92 Å². The van der Waals surface area contributed by atoms with Crippen LogP contribution in [0.5, 0.6) is 0 Å². The van der Waals surface area contributed by atoms with Crippen LogP contribution in [-0.2, 0) is 6.54 Å². The lowest BCUT2D eigenvalue weighted by atomic mass is 10.0. The number of nitro groups is 1. The molecule has 1 atom stereocenters. The van der Waals surface area contributed by atoms with Gasteiger partial charge in [0.15, 0.2) is 0 Å². The molecule has 5 heteroatoms. The van der Waals surface area contributed by atoms with Crippen molar-refractivity contribution in [3.05, 3.63) is 74.3 Å². The van der Waals surface area contributed by atoms with E-state index in [0.717, 1.165) is 5.56 Å². The van der Waals surface area contributed by atoms with Gasteiger partial charge in [0.1, 0.15) is 5.02 Å². The standard InChI is InChI=1S/C16H17ClN2O2/c1-11-5-3-4-6-14(11)12(2)18-10-13-7-8-15(17)16(9-13)19(20)21/h3-9,12,18H,10H2,1-2H3/t12-/m0/s1. The summed E-state index contributed by atoms with van der Waals surface area (Å²) >= 11 is 5.81. The molecule has 0 amide bonds. The number of nitrogens with one attached hydrogen (secondary N) is 1. The number of benzene rings is 2. The summed E-state index contributed by atoms with van der Waals surface area (Å²) in [7, 11) is 0. The van der Waals surface area contributed by atoms with Gasteiger partial charge in [-0.15, -0.1) is 0 Å².